The largest absolute Gasteiger partial charge is 0.508 e. The Morgan fingerprint density at radius 1 is 1.36 bits per heavy atom. The number of hydrogen-bond donors (Lipinski definition) is 4. The average Bonchev–Trinajstić information content (AvgIpc) is 3.07. The van der Waals surface area contributed by atoms with Crippen LogP contribution in [0.4, 0.5) is 11.5 Å². The maximum absolute atomic E-state index is 9.75. The molecule has 3 heterocycles. The van der Waals surface area contributed by atoms with Crippen molar-refractivity contribution in [1.82, 2.24) is 15.0 Å². The molecule has 0 saturated carbocycles. The number of imidazole rings is 1. The van der Waals surface area contributed by atoms with Gasteiger partial charge >= 0.3 is 0 Å². The molecule has 0 saturated heterocycles. The van der Waals surface area contributed by atoms with E-state index in [1.807, 2.05) is 6.07 Å². The SMILES string of the molecule is N#Cc1c(N)nc2c(c1N)C(Sc1ncc[nH]1)c1ccc(O)cc1O2. The van der Waals surface area contributed by atoms with Gasteiger partial charge in [-0.1, -0.05) is 17.8 Å². The zero-order valence-corrected chi connectivity index (χ0v) is 13.5. The number of nitrogens with one attached hydrogen (secondary N) is 1. The van der Waals surface area contributed by atoms with Crippen LogP contribution < -0.4 is 16.2 Å². The summed E-state index contributed by atoms with van der Waals surface area (Å²) in [5.41, 5.74) is 13.7. The molecule has 1 aliphatic rings. The number of aromatic hydroxyl groups is 1. The standard InChI is InChI=1S/C16H12N6O2S/c17-6-9-12(18)11-13(25-16-20-3-4-21-16)8-2-1-7(23)5-10(8)24-15(11)22-14(9)19/h1-5,13,23H,(H,20,21)(H4,18,19,22). The van der Waals surface area contributed by atoms with Gasteiger partial charge in [0.2, 0.25) is 5.88 Å². The molecule has 1 unspecified atom stereocenters. The molecule has 3 aromatic rings. The molecule has 1 aromatic carbocycles. The number of aromatic nitrogens is 3. The number of nitriles is 1. The highest BCUT2D eigenvalue weighted by Crippen LogP contribution is 2.53. The molecular weight excluding hydrogens is 340 g/mol. The number of aromatic amines is 1. The molecule has 0 bridgehead atoms. The highest BCUT2D eigenvalue weighted by atomic mass is 32.2. The van der Waals surface area contributed by atoms with E-state index in [0.717, 1.165) is 5.56 Å². The van der Waals surface area contributed by atoms with Crippen molar-refractivity contribution < 1.29 is 9.84 Å². The molecule has 0 spiro atoms. The molecule has 8 nitrogen and oxygen atoms in total. The molecule has 1 atom stereocenters. The third-order valence-electron chi connectivity index (χ3n) is 3.83. The van der Waals surface area contributed by atoms with Crippen LogP contribution in [0.25, 0.3) is 0 Å². The summed E-state index contributed by atoms with van der Waals surface area (Å²) in [6, 6.07) is 6.80. The van der Waals surface area contributed by atoms with Gasteiger partial charge in [-0.2, -0.15) is 10.2 Å². The van der Waals surface area contributed by atoms with Crippen molar-refractivity contribution in [3.63, 3.8) is 0 Å². The number of rotatable bonds is 2. The van der Waals surface area contributed by atoms with Crippen molar-refractivity contribution in [2.45, 2.75) is 10.4 Å². The van der Waals surface area contributed by atoms with Crippen LogP contribution in [0.15, 0.2) is 35.7 Å². The van der Waals surface area contributed by atoms with Gasteiger partial charge in [0, 0.05) is 24.0 Å². The minimum absolute atomic E-state index is 0.00380. The van der Waals surface area contributed by atoms with Gasteiger partial charge in [-0.15, -0.1) is 0 Å². The van der Waals surface area contributed by atoms with Gasteiger partial charge in [0.05, 0.1) is 16.5 Å². The van der Waals surface area contributed by atoms with Crippen LogP contribution in [0, 0.1) is 11.3 Å². The Balaban J connectivity index is 1.94. The summed E-state index contributed by atoms with van der Waals surface area (Å²) < 4.78 is 5.78. The van der Waals surface area contributed by atoms with Crippen LogP contribution in [0.5, 0.6) is 17.4 Å². The molecule has 0 fully saturated rings. The second-order valence-corrected chi connectivity index (χ2v) is 6.43. The van der Waals surface area contributed by atoms with Crippen LogP contribution in [0.1, 0.15) is 21.9 Å². The maximum atomic E-state index is 9.75. The third-order valence-corrected chi connectivity index (χ3v) is 5.00. The van der Waals surface area contributed by atoms with E-state index >= 15 is 0 Å². The zero-order valence-electron chi connectivity index (χ0n) is 12.7. The second-order valence-electron chi connectivity index (χ2n) is 5.33. The lowest BCUT2D eigenvalue weighted by molar-refractivity contribution is 0.429. The number of hydrogen-bond acceptors (Lipinski definition) is 8. The minimum atomic E-state index is -0.328. The molecule has 1 aliphatic heterocycles. The molecule has 9 heteroatoms. The number of fused-ring (bicyclic) bond motifs is 2. The zero-order chi connectivity index (χ0) is 17.6. The normalized spacial score (nSPS) is 14.9. The van der Waals surface area contributed by atoms with Crippen LogP contribution in [-0.4, -0.2) is 20.1 Å². The van der Waals surface area contributed by atoms with E-state index in [2.05, 4.69) is 15.0 Å². The Hall–Kier alpha value is -3.38. The summed E-state index contributed by atoms with van der Waals surface area (Å²) in [5, 5.41) is 19.4. The number of nitrogen functional groups attached to an aromatic ring is 2. The Labute approximate surface area is 146 Å². The summed E-state index contributed by atoms with van der Waals surface area (Å²) in [7, 11) is 0. The first-order chi connectivity index (χ1) is 12.1. The predicted octanol–water partition coefficient (Wildman–Crippen LogP) is 2.53. The molecule has 0 radical (unpaired) electrons. The minimum Gasteiger partial charge on any atom is -0.508 e. The van der Waals surface area contributed by atoms with Crippen molar-refractivity contribution in [3.05, 3.63) is 47.3 Å². The maximum Gasteiger partial charge on any atom is 0.228 e. The number of thioether (sulfide) groups is 1. The molecule has 124 valence electrons. The Kier molecular flexibility index (Phi) is 3.40. The second kappa shape index (κ2) is 5.61. The van der Waals surface area contributed by atoms with Gasteiger partial charge < -0.3 is 26.3 Å². The molecule has 6 N–H and O–H groups in total. The van der Waals surface area contributed by atoms with Gasteiger partial charge in [-0.05, 0) is 6.07 Å². The number of benzene rings is 1. The van der Waals surface area contributed by atoms with E-state index in [9.17, 15) is 10.4 Å². The fourth-order valence-electron chi connectivity index (χ4n) is 2.70. The van der Waals surface area contributed by atoms with E-state index in [0.29, 0.717) is 16.5 Å². The average molecular weight is 352 g/mol. The van der Waals surface area contributed by atoms with Gasteiger partial charge in [0.25, 0.3) is 0 Å². The monoisotopic (exact) mass is 352 g/mol. The lowest BCUT2D eigenvalue weighted by atomic mass is 9.98. The highest BCUT2D eigenvalue weighted by Gasteiger charge is 2.34. The lowest BCUT2D eigenvalue weighted by Gasteiger charge is -2.28. The van der Waals surface area contributed by atoms with E-state index in [1.165, 1.54) is 17.8 Å². The summed E-state index contributed by atoms with van der Waals surface area (Å²) in [4.78, 5) is 11.4. The Bertz CT molecular complexity index is 1010. The van der Waals surface area contributed by atoms with E-state index in [-0.39, 0.29) is 33.9 Å². The van der Waals surface area contributed by atoms with Gasteiger partial charge in [-0.25, -0.2) is 4.98 Å². The lowest BCUT2D eigenvalue weighted by Crippen LogP contribution is -2.15. The summed E-state index contributed by atoms with van der Waals surface area (Å²) in [6.07, 6.45) is 3.36. The topological polar surface area (TPSA) is 147 Å². The van der Waals surface area contributed by atoms with E-state index in [4.69, 9.17) is 16.2 Å². The van der Waals surface area contributed by atoms with Crippen molar-refractivity contribution in [2.75, 3.05) is 11.5 Å². The van der Waals surface area contributed by atoms with Gasteiger partial charge in [0.1, 0.15) is 28.9 Å². The van der Waals surface area contributed by atoms with E-state index < -0.39 is 0 Å². The summed E-state index contributed by atoms with van der Waals surface area (Å²) >= 11 is 1.40. The van der Waals surface area contributed by atoms with Crippen molar-refractivity contribution in [2.24, 2.45) is 0 Å². The smallest absolute Gasteiger partial charge is 0.228 e. The third kappa shape index (κ3) is 2.40. The number of nitrogens with two attached hydrogens (primary N) is 2. The molecule has 0 aliphatic carbocycles. The summed E-state index contributed by atoms with van der Waals surface area (Å²) in [6.45, 7) is 0. The number of phenolic OH excluding ortho intramolecular Hbond substituents is 1. The molecular formula is C16H12N6O2S. The fraction of sp³-hybridized carbons (Fsp3) is 0.0625. The summed E-state index contributed by atoms with van der Waals surface area (Å²) in [5.74, 6) is 0.742. The molecule has 2 aromatic heterocycles. The van der Waals surface area contributed by atoms with Crippen LogP contribution in [-0.2, 0) is 0 Å². The number of nitrogens with zero attached hydrogens (tertiary/aromatic N) is 3. The first kappa shape index (κ1) is 15.2. The molecule has 4 rings (SSSR count). The van der Waals surface area contributed by atoms with Crippen molar-refractivity contribution in [1.29, 1.82) is 5.26 Å². The first-order valence-corrected chi connectivity index (χ1v) is 8.12. The van der Waals surface area contributed by atoms with Crippen molar-refractivity contribution >= 4 is 23.3 Å². The first-order valence-electron chi connectivity index (χ1n) is 7.24. The highest BCUT2D eigenvalue weighted by molar-refractivity contribution is 7.99. The number of ether oxygens (including phenoxy) is 1. The quantitative estimate of drug-likeness (QED) is 0.550. The number of phenols is 1. The Morgan fingerprint density at radius 3 is 2.92 bits per heavy atom. The number of anilines is 2. The van der Waals surface area contributed by atoms with Gasteiger partial charge in [-0.3, -0.25) is 0 Å². The van der Waals surface area contributed by atoms with Gasteiger partial charge in [0.15, 0.2) is 5.16 Å². The van der Waals surface area contributed by atoms with Crippen LogP contribution in [0.3, 0.4) is 0 Å². The van der Waals surface area contributed by atoms with E-state index in [1.54, 1.807) is 24.5 Å². The van der Waals surface area contributed by atoms with Crippen LogP contribution >= 0.6 is 11.8 Å². The Morgan fingerprint density at radius 2 is 2.20 bits per heavy atom. The van der Waals surface area contributed by atoms with Crippen molar-refractivity contribution in [3.8, 4) is 23.4 Å². The number of pyridine rings is 1. The predicted molar refractivity (Wildman–Crippen MR) is 92.2 cm³/mol. The van der Waals surface area contributed by atoms with Crippen LogP contribution in [0.2, 0.25) is 0 Å². The molecule has 25 heavy (non-hydrogen) atoms. The number of H-pyrrole nitrogens is 1. The molecule has 0 amide bonds. The fourth-order valence-corrected chi connectivity index (χ4v) is 3.85.